The number of rotatable bonds is 4. The number of nitrogens with zero attached hydrogens (tertiary/aromatic N) is 1. The van der Waals surface area contributed by atoms with Crippen LogP contribution in [0.1, 0.15) is 18.1 Å². The predicted octanol–water partition coefficient (Wildman–Crippen LogP) is 3.88. The molecule has 20 heavy (non-hydrogen) atoms. The van der Waals surface area contributed by atoms with Gasteiger partial charge in [-0.1, -0.05) is 18.2 Å². The number of nitriles is 1. The molecule has 0 fully saturated rings. The van der Waals surface area contributed by atoms with Gasteiger partial charge in [0.2, 0.25) is 0 Å². The van der Waals surface area contributed by atoms with Crippen molar-refractivity contribution in [3.8, 4) is 6.07 Å². The molecule has 0 aliphatic rings. The molecule has 0 amide bonds. The zero-order valence-corrected chi connectivity index (χ0v) is 11.0. The lowest BCUT2D eigenvalue weighted by Crippen LogP contribution is -2.19. The van der Waals surface area contributed by atoms with Crippen LogP contribution in [0, 0.1) is 23.0 Å². The van der Waals surface area contributed by atoms with Crippen LogP contribution in [0.3, 0.4) is 0 Å². The van der Waals surface area contributed by atoms with Crippen LogP contribution in [0.4, 0.5) is 14.5 Å². The molecule has 2 aromatic rings. The lowest BCUT2D eigenvalue weighted by Gasteiger charge is -2.16. The normalized spacial score (nSPS) is 11.7. The maximum absolute atomic E-state index is 13.7. The Bertz CT molecular complexity index is 647. The highest BCUT2D eigenvalue weighted by Gasteiger charge is 2.10. The minimum atomic E-state index is -0.482. The molecule has 4 heteroatoms. The molecular weight excluding hydrogens is 258 g/mol. The van der Waals surface area contributed by atoms with Crippen molar-refractivity contribution in [2.75, 3.05) is 5.32 Å². The summed E-state index contributed by atoms with van der Waals surface area (Å²) >= 11 is 0. The molecule has 0 bridgehead atoms. The summed E-state index contributed by atoms with van der Waals surface area (Å²) in [6, 6.07) is 12.5. The third kappa shape index (κ3) is 3.33. The Kier molecular flexibility index (Phi) is 4.31. The largest absolute Gasteiger partial charge is 0.380 e. The molecule has 0 spiro atoms. The third-order valence-corrected chi connectivity index (χ3v) is 2.98. The highest BCUT2D eigenvalue weighted by Crippen LogP contribution is 2.18. The lowest BCUT2D eigenvalue weighted by molar-refractivity contribution is 0.598. The first-order chi connectivity index (χ1) is 9.60. The van der Waals surface area contributed by atoms with Gasteiger partial charge in [0.1, 0.15) is 11.6 Å². The Hall–Kier alpha value is -2.41. The average Bonchev–Trinajstić information content (AvgIpc) is 2.43. The molecule has 0 saturated heterocycles. The molecule has 0 aromatic heterocycles. The van der Waals surface area contributed by atoms with E-state index in [1.807, 2.05) is 13.0 Å². The van der Waals surface area contributed by atoms with E-state index in [1.54, 1.807) is 24.3 Å². The summed E-state index contributed by atoms with van der Waals surface area (Å²) in [4.78, 5) is 0. The Labute approximate surface area is 116 Å². The average molecular weight is 272 g/mol. The third-order valence-electron chi connectivity index (χ3n) is 2.98. The van der Waals surface area contributed by atoms with Crippen LogP contribution in [0.15, 0.2) is 42.5 Å². The first-order valence-electron chi connectivity index (χ1n) is 6.29. The first-order valence-corrected chi connectivity index (χ1v) is 6.29. The molecule has 1 unspecified atom stereocenters. The standard InChI is InChI=1S/C16H14F2N2/c1-11(8-13-4-2-3-5-14(13)17)20-16-7-6-12(10-19)9-15(16)18/h2-7,9,11,20H,8H2,1H3. The number of benzene rings is 2. The smallest absolute Gasteiger partial charge is 0.147 e. The van der Waals surface area contributed by atoms with Gasteiger partial charge in [0, 0.05) is 6.04 Å². The van der Waals surface area contributed by atoms with E-state index in [2.05, 4.69) is 5.32 Å². The van der Waals surface area contributed by atoms with Gasteiger partial charge >= 0.3 is 0 Å². The van der Waals surface area contributed by atoms with Crippen LogP contribution in [0.5, 0.6) is 0 Å². The first kappa shape index (κ1) is 14.0. The maximum atomic E-state index is 13.7. The van der Waals surface area contributed by atoms with E-state index >= 15 is 0 Å². The second-order valence-corrected chi connectivity index (χ2v) is 4.65. The summed E-state index contributed by atoms with van der Waals surface area (Å²) in [6.07, 6.45) is 0.451. The summed E-state index contributed by atoms with van der Waals surface area (Å²) in [7, 11) is 0. The number of nitrogens with one attached hydrogen (secondary N) is 1. The van der Waals surface area contributed by atoms with Crippen LogP contribution in [-0.4, -0.2) is 6.04 Å². The van der Waals surface area contributed by atoms with Crippen molar-refractivity contribution < 1.29 is 8.78 Å². The molecule has 0 aliphatic carbocycles. The minimum absolute atomic E-state index is 0.130. The van der Waals surface area contributed by atoms with E-state index < -0.39 is 5.82 Å². The summed E-state index contributed by atoms with van der Waals surface area (Å²) in [5.41, 5.74) is 1.17. The minimum Gasteiger partial charge on any atom is -0.380 e. The second kappa shape index (κ2) is 6.16. The van der Waals surface area contributed by atoms with Gasteiger partial charge in [0.05, 0.1) is 17.3 Å². The van der Waals surface area contributed by atoms with E-state index in [9.17, 15) is 8.78 Å². The molecule has 2 nitrogen and oxygen atoms in total. The van der Waals surface area contributed by atoms with Crippen LogP contribution >= 0.6 is 0 Å². The Balaban J connectivity index is 2.07. The van der Waals surface area contributed by atoms with E-state index in [0.717, 1.165) is 0 Å². The monoisotopic (exact) mass is 272 g/mol. The van der Waals surface area contributed by atoms with Crippen molar-refractivity contribution in [3.05, 3.63) is 65.2 Å². The summed E-state index contributed by atoms with van der Waals surface area (Å²) in [6.45, 7) is 1.85. The van der Waals surface area contributed by atoms with Crippen LogP contribution < -0.4 is 5.32 Å². The number of halogens is 2. The van der Waals surface area contributed by atoms with Gasteiger partial charge in [-0.25, -0.2) is 8.78 Å². The molecule has 0 radical (unpaired) electrons. The van der Waals surface area contributed by atoms with Gasteiger partial charge in [0.15, 0.2) is 0 Å². The SMILES string of the molecule is CC(Cc1ccccc1F)Nc1ccc(C#N)cc1F. The van der Waals surface area contributed by atoms with Crippen LogP contribution in [0.2, 0.25) is 0 Å². The van der Waals surface area contributed by atoms with Crippen molar-refractivity contribution >= 4 is 5.69 Å². The highest BCUT2D eigenvalue weighted by atomic mass is 19.1. The molecule has 0 saturated carbocycles. The van der Waals surface area contributed by atoms with Crippen LogP contribution in [0.25, 0.3) is 0 Å². The van der Waals surface area contributed by atoms with Gasteiger partial charge in [-0.15, -0.1) is 0 Å². The number of anilines is 1. The summed E-state index contributed by atoms with van der Waals surface area (Å²) in [5.74, 6) is -0.745. The zero-order chi connectivity index (χ0) is 14.5. The Morgan fingerprint density at radius 2 is 1.90 bits per heavy atom. The lowest BCUT2D eigenvalue weighted by atomic mass is 10.1. The van der Waals surface area contributed by atoms with Crippen molar-refractivity contribution in [2.24, 2.45) is 0 Å². The van der Waals surface area contributed by atoms with E-state index in [0.29, 0.717) is 17.7 Å². The quantitative estimate of drug-likeness (QED) is 0.916. The molecule has 2 aromatic carbocycles. The Morgan fingerprint density at radius 3 is 2.55 bits per heavy atom. The fourth-order valence-corrected chi connectivity index (χ4v) is 2.01. The number of hydrogen-bond acceptors (Lipinski definition) is 2. The number of hydrogen-bond donors (Lipinski definition) is 1. The van der Waals surface area contributed by atoms with Gasteiger partial charge in [-0.2, -0.15) is 5.26 Å². The predicted molar refractivity (Wildman–Crippen MR) is 74.3 cm³/mol. The van der Waals surface area contributed by atoms with Crippen molar-refractivity contribution in [3.63, 3.8) is 0 Å². The van der Waals surface area contributed by atoms with Gasteiger partial charge in [-0.05, 0) is 43.2 Å². The summed E-state index contributed by atoms with van der Waals surface area (Å²) in [5, 5.41) is 11.7. The van der Waals surface area contributed by atoms with Crippen molar-refractivity contribution in [1.29, 1.82) is 5.26 Å². The molecule has 1 atom stereocenters. The molecular formula is C16H14F2N2. The molecule has 102 valence electrons. The molecule has 1 N–H and O–H groups in total. The Morgan fingerprint density at radius 1 is 1.15 bits per heavy atom. The molecule has 0 heterocycles. The van der Waals surface area contributed by atoms with Gasteiger partial charge < -0.3 is 5.32 Å². The second-order valence-electron chi connectivity index (χ2n) is 4.65. The van der Waals surface area contributed by atoms with Crippen LogP contribution in [-0.2, 0) is 6.42 Å². The van der Waals surface area contributed by atoms with E-state index in [-0.39, 0.29) is 17.4 Å². The zero-order valence-electron chi connectivity index (χ0n) is 11.0. The highest BCUT2D eigenvalue weighted by molar-refractivity contribution is 5.49. The molecule has 2 rings (SSSR count). The van der Waals surface area contributed by atoms with E-state index in [4.69, 9.17) is 5.26 Å². The fourth-order valence-electron chi connectivity index (χ4n) is 2.01. The van der Waals surface area contributed by atoms with Crippen molar-refractivity contribution in [2.45, 2.75) is 19.4 Å². The van der Waals surface area contributed by atoms with Crippen molar-refractivity contribution in [1.82, 2.24) is 0 Å². The fraction of sp³-hybridized carbons (Fsp3) is 0.188. The van der Waals surface area contributed by atoms with E-state index in [1.165, 1.54) is 18.2 Å². The van der Waals surface area contributed by atoms with Gasteiger partial charge in [0.25, 0.3) is 0 Å². The molecule has 0 aliphatic heterocycles. The topological polar surface area (TPSA) is 35.8 Å². The maximum Gasteiger partial charge on any atom is 0.147 e. The summed E-state index contributed by atoms with van der Waals surface area (Å²) < 4.78 is 27.3. The van der Waals surface area contributed by atoms with Gasteiger partial charge in [-0.3, -0.25) is 0 Å².